The number of benzene rings is 1. The third kappa shape index (κ3) is 4.91. The van der Waals surface area contributed by atoms with Gasteiger partial charge < -0.3 is 24.1 Å². The quantitative estimate of drug-likeness (QED) is 0.633. The van der Waals surface area contributed by atoms with Crippen LogP contribution in [0.4, 0.5) is 10.5 Å². The first-order valence-electron chi connectivity index (χ1n) is 10.6. The van der Waals surface area contributed by atoms with E-state index in [2.05, 4.69) is 28.0 Å². The number of hydrogen-bond acceptors (Lipinski definition) is 8. The zero-order chi connectivity index (χ0) is 21.8. The number of rotatable bonds is 5. The fourth-order valence-corrected chi connectivity index (χ4v) is 4.01. The van der Waals surface area contributed by atoms with Gasteiger partial charge in [-0.3, -0.25) is 14.5 Å². The molecule has 3 saturated heterocycles. The summed E-state index contributed by atoms with van der Waals surface area (Å²) in [6.07, 6.45) is -0.478. The fourth-order valence-electron chi connectivity index (χ4n) is 4.01. The van der Waals surface area contributed by atoms with Crippen molar-refractivity contribution in [1.29, 1.82) is 0 Å². The molecule has 3 heterocycles. The molecule has 0 bridgehead atoms. The number of morpholine rings is 1. The number of carbonyl (C=O) groups is 3. The van der Waals surface area contributed by atoms with Crippen LogP contribution in [0.1, 0.15) is 18.4 Å². The number of imide groups is 1. The average Bonchev–Trinajstić information content (AvgIpc) is 3.12. The van der Waals surface area contributed by atoms with Crippen molar-refractivity contribution in [3.05, 3.63) is 23.8 Å². The van der Waals surface area contributed by atoms with E-state index in [1.54, 1.807) is 7.11 Å². The molecule has 3 fully saturated rings. The normalized spacial score (nSPS) is 20.4. The van der Waals surface area contributed by atoms with Gasteiger partial charge in [0.2, 0.25) is 0 Å². The summed E-state index contributed by atoms with van der Waals surface area (Å²) in [6, 6.07) is 6.27. The highest BCUT2D eigenvalue weighted by atomic mass is 16.7. The molecular formula is C21H28N4O6. The standard InChI is InChI=1S/C21H28N4O6/c1-29-18-14-17(23-10-12-30-13-11-23)3-2-16(18)15-22-6-8-24(9-7-22)21(28)31-25-19(26)4-5-20(25)27/h2-3,14H,4-13,15H2,1H3. The Morgan fingerprint density at radius 3 is 2.32 bits per heavy atom. The first kappa shape index (κ1) is 21.4. The van der Waals surface area contributed by atoms with Gasteiger partial charge in [-0.05, 0) is 6.07 Å². The topological polar surface area (TPSA) is 91.9 Å². The predicted octanol–water partition coefficient (Wildman–Crippen LogP) is 0.850. The van der Waals surface area contributed by atoms with E-state index in [0.717, 1.165) is 43.3 Å². The maximum Gasteiger partial charge on any atom is 0.434 e. The summed E-state index contributed by atoms with van der Waals surface area (Å²) < 4.78 is 11.1. The van der Waals surface area contributed by atoms with E-state index < -0.39 is 17.9 Å². The molecule has 10 nitrogen and oxygen atoms in total. The summed E-state index contributed by atoms with van der Waals surface area (Å²) >= 11 is 0. The van der Waals surface area contributed by atoms with E-state index in [1.807, 2.05) is 0 Å². The average molecular weight is 432 g/mol. The Kier molecular flexibility index (Phi) is 6.57. The minimum absolute atomic E-state index is 0.0893. The van der Waals surface area contributed by atoms with Crippen LogP contribution < -0.4 is 9.64 Å². The van der Waals surface area contributed by atoms with E-state index >= 15 is 0 Å². The van der Waals surface area contributed by atoms with Crippen molar-refractivity contribution < 1.29 is 28.7 Å². The van der Waals surface area contributed by atoms with E-state index in [-0.39, 0.29) is 12.8 Å². The van der Waals surface area contributed by atoms with Gasteiger partial charge in [0.05, 0.1) is 20.3 Å². The van der Waals surface area contributed by atoms with E-state index in [4.69, 9.17) is 14.3 Å². The Bertz CT molecular complexity index is 817. The molecule has 0 aliphatic carbocycles. The molecule has 1 aromatic rings. The number of hydroxylamine groups is 2. The van der Waals surface area contributed by atoms with Gasteiger partial charge in [-0.1, -0.05) is 6.07 Å². The third-order valence-corrected chi connectivity index (χ3v) is 5.85. The molecule has 4 rings (SSSR count). The monoisotopic (exact) mass is 432 g/mol. The molecular weight excluding hydrogens is 404 g/mol. The second-order valence-corrected chi connectivity index (χ2v) is 7.80. The Balaban J connectivity index is 1.30. The van der Waals surface area contributed by atoms with Gasteiger partial charge in [0.25, 0.3) is 11.8 Å². The van der Waals surface area contributed by atoms with Crippen LogP contribution in [0.3, 0.4) is 0 Å². The van der Waals surface area contributed by atoms with Crippen LogP contribution in [0.5, 0.6) is 5.75 Å². The number of piperazine rings is 1. The van der Waals surface area contributed by atoms with Gasteiger partial charge in [0.15, 0.2) is 0 Å². The van der Waals surface area contributed by atoms with Gasteiger partial charge in [0.1, 0.15) is 5.75 Å². The lowest BCUT2D eigenvalue weighted by atomic mass is 10.1. The smallest absolute Gasteiger partial charge is 0.434 e. The van der Waals surface area contributed by atoms with Crippen LogP contribution >= 0.6 is 0 Å². The number of ether oxygens (including phenoxy) is 2. The van der Waals surface area contributed by atoms with Crippen molar-refractivity contribution in [2.24, 2.45) is 0 Å². The van der Waals surface area contributed by atoms with Crippen molar-refractivity contribution in [2.75, 3.05) is 64.5 Å². The second-order valence-electron chi connectivity index (χ2n) is 7.80. The van der Waals surface area contributed by atoms with Crippen LogP contribution in [-0.4, -0.2) is 92.4 Å². The van der Waals surface area contributed by atoms with E-state index in [9.17, 15) is 14.4 Å². The Morgan fingerprint density at radius 2 is 1.68 bits per heavy atom. The van der Waals surface area contributed by atoms with Crippen molar-refractivity contribution in [3.63, 3.8) is 0 Å². The SMILES string of the molecule is COc1cc(N2CCOCC2)ccc1CN1CCN(C(=O)ON2C(=O)CCC2=O)CC1. The largest absolute Gasteiger partial charge is 0.496 e. The predicted molar refractivity (Wildman–Crippen MR) is 110 cm³/mol. The Morgan fingerprint density at radius 1 is 1.00 bits per heavy atom. The van der Waals surface area contributed by atoms with Crippen molar-refractivity contribution in [1.82, 2.24) is 14.9 Å². The zero-order valence-electron chi connectivity index (χ0n) is 17.7. The summed E-state index contributed by atoms with van der Waals surface area (Å²) in [5, 5.41) is 0.593. The molecule has 3 aliphatic heterocycles. The highest BCUT2D eigenvalue weighted by Gasteiger charge is 2.35. The molecule has 3 amide bonds. The third-order valence-electron chi connectivity index (χ3n) is 5.85. The molecule has 0 unspecified atom stereocenters. The molecule has 10 heteroatoms. The van der Waals surface area contributed by atoms with Gasteiger partial charge in [-0.25, -0.2) is 4.79 Å². The molecule has 31 heavy (non-hydrogen) atoms. The van der Waals surface area contributed by atoms with Gasteiger partial charge >= 0.3 is 6.09 Å². The lowest BCUT2D eigenvalue weighted by Crippen LogP contribution is -2.50. The molecule has 0 aromatic heterocycles. The molecule has 168 valence electrons. The minimum atomic E-state index is -0.657. The molecule has 0 spiro atoms. The number of anilines is 1. The Labute approximate surface area is 181 Å². The van der Waals surface area contributed by atoms with Gasteiger partial charge in [-0.2, -0.15) is 0 Å². The molecule has 0 radical (unpaired) electrons. The molecule has 1 aromatic carbocycles. The highest BCUT2D eigenvalue weighted by Crippen LogP contribution is 2.28. The van der Waals surface area contributed by atoms with Gasteiger partial charge in [0, 0.05) is 76.0 Å². The maximum atomic E-state index is 12.3. The first-order chi connectivity index (χ1) is 15.0. The number of hydrogen-bond donors (Lipinski definition) is 0. The van der Waals surface area contributed by atoms with E-state index in [1.165, 1.54) is 4.90 Å². The fraction of sp³-hybridized carbons (Fsp3) is 0.571. The number of amides is 3. The Hall–Kier alpha value is -2.85. The summed E-state index contributed by atoms with van der Waals surface area (Å²) in [7, 11) is 1.68. The molecule has 0 N–H and O–H groups in total. The first-order valence-corrected chi connectivity index (χ1v) is 10.6. The number of carbonyl (C=O) groups excluding carboxylic acids is 3. The zero-order valence-corrected chi connectivity index (χ0v) is 17.7. The summed E-state index contributed by atoms with van der Waals surface area (Å²) in [6.45, 7) is 6.15. The molecule has 0 atom stereocenters. The maximum absolute atomic E-state index is 12.3. The van der Waals surface area contributed by atoms with Crippen molar-refractivity contribution in [2.45, 2.75) is 19.4 Å². The number of methoxy groups -OCH3 is 1. The second kappa shape index (κ2) is 9.52. The van der Waals surface area contributed by atoms with Crippen LogP contribution in [0, 0.1) is 0 Å². The molecule has 0 saturated carbocycles. The van der Waals surface area contributed by atoms with Crippen molar-refractivity contribution >= 4 is 23.6 Å². The van der Waals surface area contributed by atoms with Crippen LogP contribution in [0.2, 0.25) is 0 Å². The lowest BCUT2D eigenvalue weighted by molar-refractivity contribution is -0.174. The molecule has 3 aliphatic rings. The minimum Gasteiger partial charge on any atom is -0.496 e. The summed E-state index contributed by atoms with van der Waals surface area (Å²) in [5.41, 5.74) is 2.21. The lowest BCUT2D eigenvalue weighted by Gasteiger charge is -2.34. The van der Waals surface area contributed by atoms with E-state index in [0.29, 0.717) is 37.8 Å². The summed E-state index contributed by atoms with van der Waals surface area (Å²) in [5.74, 6) is -0.0916. The van der Waals surface area contributed by atoms with Crippen molar-refractivity contribution in [3.8, 4) is 5.75 Å². The highest BCUT2D eigenvalue weighted by molar-refractivity contribution is 6.01. The van der Waals surface area contributed by atoms with Gasteiger partial charge in [-0.15, -0.1) is 5.06 Å². The number of nitrogens with zero attached hydrogens (tertiary/aromatic N) is 4. The van der Waals surface area contributed by atoms with Crippen LogP contribution in [0.15, 0.2) is 18.2 Å². The van der Waals surface area contributed by atoms with Crippen LogP contribution in [0.25, 0.3) is 0 Å². The summed E-state index contributed by atoms with van der Waals surface area (Å²) in [4.78, 5) is 46.6. The van der Waals surface area contributed by atoms with Crippen LogP contribution in [-0.2, 0) is 25.7 Å².